The average molecular weight is 335 g/mol. The SMILES string of the molecule is CCc1ccc(CCNc2cc(C(F)(F)F)nc3ncnn23)cc1. The molecular formula is C16H16F3N5. The summed E-state index contributed by atoms with van der Waals surface area (Å²) in [6.07, 6.45) is -1.69. The van der Waals surface area contributed by atoms with Crippen LogP contribution in [0, 0.1) is 0 Å². The van der Waals surface area contributed by atoms with Crippen molar-refractivity contribution < 1.29 is 13.2 Å². The number of aryl methyl sites for hydroxylation is 1. The van der Waals surface area contributed by atoms with Crippen molar-refractivity contribution in [2.24, 2.45) is 0 Å². The number of alkyl halides is 3. The fourth-order valence-electron chi connectivity index (χ4n) is 2.36. The molecule has 0 bridgehead atoms. The molecule has 3 aromatic rings. The molecule has 0 unspecified atom stereocenters. The Kier molecular flexibility index (Phi) is 4.37. The van der Waals surface area contributed by atoms with Crippen LogP contribution >= 0.6 is 0 Å². The fourth-order valence-corrected chi connectivity index (χ4v) is 2.36. The van der Waals surface area contributed by atoms with Crippen molar-refractivity contribution in [3.63, 3.8) is 0 Å². The van der Waals surface area contributed by atoms with Gasteiger partial charge in [-0.2, -0.15) is 27.8 Å². The molecule has 2 aromatic heterocycles. The molecule has 24 heavy (non-hydrogen) atoms. The fraction of sp³-hybridized carbons (Fsp3) is 0.312. The molecule has 0 aliphatic rings. The van der Waals surface area contributed by atoms with E-state index in [2.05, 4.69) is 39.4 Å². The Balaban J connectivity index is 1.75. The summed E-state index contributed by atoms with van der Waals surface area (Å²) >= 11 is 0. The Morgan fingerprint density at radius 3 is 2.50 bits per heavy atom. The quantitative estimate of drug-likeness (QED) is 0.777. The summed E-state index contributed by atoms with van der Waals surface area (Å²) in [7, 11) is 0. The number of rotatable bonds is 5. The standard InChI is InChI=1S/C16H16F3N5/c1-2-11-3-5-12(6-4-11)7-8-20-14-9-13(16(17,18)19)23-15-21-10-22-24(14)15/h3-6,9-10,20H,2,7-8H2,1H3. The van der Waals surface area contributed by atoms with E-state index >= 15 is 0 Å². The molecule has 0 amide bonds. The van der Waals surface area contributed by atoms with E-state index in [0.717, 1.165) is 18.1 Å². The van der Waals surface area contributed by atoms with Gasteiger partial charge in [0.05, 0.1) is 0 Å². The van der Waals surface area contributed by atoms with Gasteiger partial charge in [-0.25, -0.2) is 4.98 Å². The van der Waals surface area contributed by atoms with Gasteiger partial charge < -0.3 is 5.32 Å². The highest BCUT2D eigenvalue weighted by molar-refractivity contribution is 5.45. The normalized spacial score (nSPS) is 11.8. The Bertz CT molecular complexity index is 824. The smallest absolute Gasteiger partial charge is 0.370 e. The molecule has 1 aromatic carbocycles. The Labute approximate surface area is 136 Å². The van der Waals surface area contributed by atoms with Crippen LogP contribution in [0.2, 0.25) is 0 Å². The van der Waals surface area contributed by atoms with Gasteiger partial charge in [0.2, 0.25) is 0 Å². The first-order chi connectivity index (χ1) is 11.5. The minimum Gasteiger partial charge on any atom is -0.370 e. The largest absolute Gasteiger partial charge is 0.433 e. The third-order valence-electron chi connectivity index (χ3n) is 3.69. The summed E-state index contributed by atoms with van der Waals surface area (Å²) in [4.78, 5) is 7.22. The number of hydrogen-bond acceptors (Lipinski definition) is 4. The third kappa shape index (κ3) is 3.47. The summed E-state index contributed by atoms with van der Waals surface area (Å²) < 4.78 is 40.0. The van der Waals surface area contributed by atoms with Gasteiger partial charge in [-0.15, -0.1) is 0 Å². The van der Waals surface area contributed by atoms with Crippen LogP contribution in [0.15, 0.2) is 36.7 Å². The Hall–Kier alpha value is -2.64. The van der Waals surface area contributed by atoms with E-state index in [9.17, 15) is 13.2 Å². The molecule has 5 nitrogen and oxygen atoms in total. The molecule has 0 aliphatic carbocycles. The zero-order chi connectivity index (χ0) is 17.2. The molecule has 0 fully saturated rings. The minimum atomic E-state index is -4.53. The van der Waals surface area contributed by atoms with E-state index in [4.69, 9.17) is 0 Å². The first kappa shape index (κ1) is 16.2. The van der Waals surface area contributed by atoms with Crippen LogP contribution in [0.25, 0.3) is 5.78 Å². The molecule has 126 valence electrons. The van der Waals surface area contributed by atoms with E-state index < -0.39 is 11.9 Å². The Morgan fingerprint density at radius 1 is 1.12 bits per heavy atom. The highest BCUT2D eigenvalue weighted by Crippen LogP contribution is 2.29. The van der Waals surface area contributed by atoms with Crippen LogP contribution in [0.1, 0.15) is 23.7 Å². The number of nitrogens with one attached hydrogen (secondary N) is 1. The van der Waals surface area contributed by atoms with Crippen molar-refractivity contribution in [1.29, 1.82) is 0 Å². The summed E-state index contributed by atoms with van der Waals surface area (Å²) in [5, 5.41) is 6.89. The van der Waals surface area contributed by atoms with Gasteiger partial charge >= 0.3 is 6.18 Å². The number of aromatic nitrogens is 4. The van der Waals surface area contributed by atoms with E-state index in [-0.39, 0.29) is 11.6 Å². The zero-order valence-electron chi connectivity index (χ0n) is 13.0. The molecule has 0 saturated carbocycles. The molecular weight excluding hydrogens is 319 g/mol. The van der Waals surface area contributed by atoms with E-state index in [0.29, 0.717) is 13.0 Å². The number of hydrogen-bond donors (Lipinski definition) is 1. The van der Waals surface area contributed by atoms with Crippen LogP contribution < -0.4 is 5.32 Å². The third-order valence-corrected chi connectivity index (χ3v) is 3.69. The summed E-state index contributed by atoms with van der Waals surface area (Å²) in [6, 6.07) is 9.11. The second kappa shape index (κ2) is 6.46. The minimum absolute atomic E-state index is 0.0837. The number of anilines is 1. The number of halogens is 3. The predicted octanol–water partition coefficient (Wildman–Crippen LogP) is 3.36. The summed E-state index contributed by atoms with van der Waals surface area (Å²) in [5.41, 5.74) is 1.37. The first-order valence-electron chi connectivity index (χ1n) is 7.57. The highest BCUT2D eigenvalue weighted by atomic mass is 19.4. The van der Waals surface area contributed by atoms with E-state index in [1.165, 1.54) is 16.4 Å². The maximum Gasteiger partial charge on any atom is 0.433 e. The van der Waals surface area contributed by atoms with Crippen LogP contribution in [-0.2, 0) is 19.0 Å². The molecule has 0 saturated heterocycles. The lowest BCUT2D eigenvalue weighted by molar-refractivity contribution is -0.141. The summed E-state index contributed by atoms with van der Waals surface area (Å²) in [5.74, 6) is 0.134. The van der Waals surface area contributed by atoms with Gasteiger partial charge in [-0.3, -0.25) is 0 Å². The van der Waals surface area contributed by atoms with Gasteiger partial charge in [0.25, 0.3) is 5.78 Å². The van der Waals surface area contributed by atoms with Crippen LogP contribution in [-0.4, -0.2) is 26.1 Å². The summed E-state index contributed by atoms with van der Waals surface area (Å²) in [6.45, 7) is 2.56. The van der Waals surface area contributed by atoms with Crippen LogP contribution in [0.5, 0.6) is 0 Å². The zero-order valence-corrected chi connectivity index (χ0v) is 13.0. The van der Waals surface area contributed by atoms with Gasteiger partial charge in [0.15, 0.2) is 5.69 Å². The topological polar surface area (TPSA) is 55.1 Å². The lowest BCUT2D eigenvalue weighted by Gasteiger charge is -2.11. The van der Waals surface area contributed by atoms with Crippen molar-refractivity contribution in [3.05, 3.63) is 53.5 Å². The molecule has 3 rings (SSSR count). The first-order valence-corrected chi connectivity index (χ1v) is 7.57. The number of benzene rings is 1. The van der Waals surface area contributed by atoms with Gasteiger partial charge in [0.1, 0.15) is 12.1 Å². The molecule has 0 atom stereocenters. The number of fused-ring (bicyclic) bond motifs is 1. The van der Waals surface area contributed by atoms with Crippen LogP contribution in [0.4, 0.5) is 19.0 Å². The number of nitrogens with zero attached hydrogens (tertiary/aromatic N) is 4. The molecule has 0 spiro atoms. The van der Waals surface area contributed by atoms with E-state index in [1.807, 2.05) is 12.1 Å². The average Bonchev–Trinajstić information content (AvgIpc) is 3.03. The highest BCUT2D eigenvalue weighted by Gasteiger charge is 2.34. The molecule has 0 radical (unpaired) electrons. The Morgan fingerprint density at radius 2 is 1.83 bits per heavy atom. The molecule has 2 heterocycles. The monoisotopic (exact) mass is 335 g/mol. The van der Waals surface area contributed by atoms with Crippen molar-refractivity contribution in [2.75, 3.05) is 11.9 Å². The second-order valence-corrected chi connectivity index (χ2v) is 5.34. The van der Waals surface area contributed by atoms with Crippen molar-refractivity contribution in [1.82, 2.24) is 19.6 Å². The lowest BCUT2D eigenvalue weighted by Crippen LogP contribution is -2.14. The lowest BCUT2D eigenvalue weighted by atomic mass is 10.1. The maximum atomic E-state index is 12.9. The van der Waals surface area contributed by atoms with E-state index in [1.54, 1.807) is 0 Å². The predicted molar refractivity (Wildman–Crippen MR) is 83.8 cm³/mol. The molecule has 0 aliphatic heterocycles. The van der Waals surface area contributed by atoms with Gasteiger partial charge in [-0.05, 0) is 24.0 Å². The van der Waals surface area contributed by atoms with Crippen LogP contribution in [0.3, 0.4) is 0 Å². The maximum absolute atomic E-state index is 12.9. The second-order valence-electron chi connectivity index (χ2n) is 5.34. The van der Waals surface area contributed by atoms with Crippen molar-refractivity contribution >= 4 is 11.6 Å². The van der Waals surface area contributed by atoms with Crippen molar-refractivity contribution in [3.8, 4) is 0 Å². The van der Waals surface area contributed by atoms with Crippen molar-refractivity contribution in [2.45, 2.75) is 25.9 Å². The van der Waals surface area contributed by atoms with Gasteiger partial charge in [0, 0.05) is 12.6 Å². The van der Waals surface area contributed by atoms with Gasteiger partial charge in [-0.1, -0.05) is 31.2 Å². The molecule has 1 N–H and O–H groups in total. The molecule has 8 heteroatoms.